The number of hydrogen-bond donors (Lipinski definition) is 1. The van der Waals surface area contributed by atoms with Gasteiger partial charge in [-0.15, -0.1) is 0 Å². The van der Waals surface area contributed by atoms with Gasteiger partial charge in [0.25, 0.3) is 0 Å². The van der Waals surface area contributed by atoms with Gasteiger partial charge < -0.3 is 14.5 Å². The van der Waals surface area contributed by atoms with E-state index in [9.17, 15) is 8.78 Å². The third kappa shape index (κ3) is 4.06. The summed E-state index contributed by atoms with van der Waals surface area (Å²) in [5.74, 6) is -0.549. The molecule has 1 N–H and O–H groups in total. The fourth-order valence-electron chi connectivity index (χ4n) is 1.73. The lowest BCUT2D eigenvalue weighted by Crippen LogP contribution is -2.22. The summed E-state index contributed by atoms with van der Waals surface area (Å²) in [4.78, 5) is 0. The Morgan fingerprint density at radius 2 is 1.90 bits per heavy atom. The van der Waals surface area contributed by atoms with E-state index >= 15 is 0 Å². The Morgan fingerprint density at radius 3 is 2.55 bits per heavy atom. The molecule has 0 bridgehead atoms. The number of hydrogen-bond acceptors (Lipinski definition) is 3. The van der Waals surface area contributed by atoms with Crippen LogP contribution in [0.5, 0.6) is 5.75 Å². The Kier molecular flexibility index (Phi) is 4.74. The highest BCUT2D eigenvalue weighted by Gasteiger charge is 2.09. The standard InChI is InChI=1S/C15H17F2NO2/c1-10(2)18-8-11-3-4-19-15(11)9-20-14-6-12(16)5-13(17)7-14/h3-7,10,18H,8-9H2,1-2H3. The zero-order valence-corrected chi connectivity index (χ0v) is 11.5. The van der Waals surface area contributed by atoms with Crippen LogP contribution >= 0.6 is 0 Å². The van der Waals surface area contributed by atoms with Crippen molar-refractivity contribution in [2.75, 3.05) is 0 Å². The maximum Gasteiger partial charge on any atom is 0.146 e. The average Bonchev–Trinajstić information content (AvgIpc) is 2.80. The fourth-order valence-corrected chi connectivity index (χ4v) is 1.73. The summed E-state index contributed by atoms with van der Waals surface area (Å²) in [5.41, 5.74) is 0.968. The molecule has 1 aromatic heterocycles. The van der Waals surface area contributed by atoms with Crippen LogP contribution in [0.2, 0.25) is 0 Å². The normalized spacial score (nSPS) is 11.1. The Hall–Kier alpha value is -1.88. The van der Waals surface area contributed by atoms with Crippen LogP contribution in [0.25, 0.3) is 0 Å². The minimum Gasteiger partial charge on any atom is -0.485 e. The monoisotopic (exact) mass is 281 g/mol. The highest BCUT2D eigenvalue weighted by Crippen LogP contribution is 2.18. The van der Waals surface area contributed by atoms with Crippen LogP contribution in [-0.2, 0) is 13.2 Å². The van der Waals surface area contributed by atoms with Gasteiger partial charge in [0.1, 0.15) is 29.8 Å². The van der Waals surface area contributed by atoms with Crippen LogP contribution in [0.3, 0.4) is 0 Å². The highest BCUT2D eigenvalue weighted by atomic mass is 19.1. The largest absolute Gasteiger partial charge is 0.485 e. The molecule has 5 heteroatoms. The van der Waals surface area contributed by atoms with Gasteiger partial charge in [0.05, 0.1) is 6.26 Å². The Balaban J connectivity index is 1.98. The van der Waals surface area contributed by atoms with E-state index in [0.29, 0.717) is 18.3 Å². The Morgan fingerprint density at radius 1 is 1.20 bits per heavy atom. The van der Waals surface area contributed by atoms with Crippen LogP contribution in [0, 0.1) is 11.6 Å². The van der Waals surface area contributed by atoms with E-state index in [1.807, 2.05) is 19.9 Å². The third-order valence-electron chi connectivity index (χ3n) is 2.74. The quantitative estimate of drug-likeness (QED) is 0.878. The number of benzene rings is 1. The first-order valence-corrected chi connectivity index (χ1v) is 6.42. The average molecular weight is 281 g/mol. The summed E-state index contributed by atoms with van der Waals surface area (Å²) in [5, 5.41) is 3.27. The predicted molar refractivity (Wildman–Crippen MR) is 71.4 cm³/mol. The molecule has 20 heavy (non-hydrogen) atoms. The van der Waals surface area contributed by atoms with Crippen molar-refractivity contribution in [2.45, 2.75) is 33.0 Å². The van der Waals surface area contributed by atoms with Crippen molar-refractivity contribution in [3.63, 3.8) is 0 Å². The molecular weight excluding hydrogens is 264 g/mol. The highest BCUT2D eigenvalue weighted by molar-refractivity contribution is 5.24. The van der Waals surface area contributed by atoms with Crippen molar-refractivity contribution in [3.05, 3.63) is 53.5 Å². The summed E-state index contributed by atoms with van der Waals surface area (Å²) in [7, 11) is 0. The van der Waals surface area contributed by atoms with Crippen LogP contribution in [0.1, 0.15) is 25.2 Å². The lowest BCUT2D eigenvalue weighted by molar-refractivity contribution is 0.265. The molecule has 0 aliphatic heterocycles. The van der Waals surface area contributed by atoms with Crippen molar-refractivity contribution in [1.82, 2.24) is 5.32 Å². The maximum atomic E-state index is 13.0. The van der Waals surface area contributed by atoms with Gasteiger partial charge in [-0.3, -0.25) is 0 Å². The first-order chi connectivity index (χ1) is 9.54. The molecule has 3 nitrogen and oxygen atoms in total. The predicted octanol–water partition coefficient (Wildman–Crippen LogP) is 3.63. The van der Waals surface area contributed by atoms with Crippen LogP contribution in [-0.4, -0.2) is 6.04 Å². The van der Waals surface area contributed by atoms with Crippen molar-refractivity contribution < 1.29 is 17.9 Å². The van der Waals surface area contributed by atoms with Crippen molar-refractivity contribution in [1.29, 1.82) is 0 Å². The van der Waals surface area contributed by atoms with Crippen LogP contribution in [0.4, 0.5) is 8.78 Å². The molecule has 0 amide bonds. The number of ether oxygens (including phenoxy) is 1. The molecule has 0 unspecified atom stereocenters. The first kappa shape index (κ1) is 14.5. The van der Waals surface area contributed by atoms with E-state index in [2.05, 4.69) is 5.32 Å². The number of halogens is 2. The van der Waals surface area contributed by atoms with E-state index in [1.54, 1.807) is 6.26 Å². The van der Waals surface area contributed by atoms with Gasteiger partial charge >= 0.3 is 0 Å². The summed E-state index contributed by atoms with van der Waals surface area (Å²) in [6.07, 6.45) is 1.57. The molecule has 0 saturated heterocycles. The molecule has 0 saturated carbocycles. The first-order valence-electron chi connectivity index (χ1n) is 6.42. The van der Waals surface area contributed by atoms with E-state index in [4.69, 9.17) is 9.15 Å². The van der Waals surface area contributed by atoms with E-state index in [0.717, 1.165) is 23.8 Å². The fraction of sp³-hybridized carbons (Fsp3) is 0.333. The molecule has 1 heterocycles. The summed E-state index contributed by atoms with van der Waals surface area (Å²) < 4.78 is 36.7. The molecule has 0 radical (unpaired) electrons. The molecule has 0 atom stereocenters. The number of nitrogens with one attached hydrogen (secondary N) is 1. The second-order valence-electron chi connectivity index (χ2n) is 4.80. The minimum absolute atomic E-state index is 0.130. The number of rotatable bonds is 6. The molecular formula is C15H17F2NO2. The second-order valence-corrected chi connectivity index (χ2v) is 4.80. The SMILES string of the molecule is CC(C)NCc1ccoc1COc1cc(F)cc(F)c1. The van der Waals surface area contributed by atoms with E-state index in [-0.39, 0.29) is 12.4 Å². The number of furan rings is 1. The topological polar surface area (TPSA) is 34.4 Å². The van der Waals surface area contributed by atoms with E-state index in [1.165, 1.54) is 0 Å². The van der Waals surface area contributed by atoms with Crippen molar-refractivity contribution in [3.8, 4) is 5.75 Å². The van der Waals surface area contributed by atoms with Gasteiger partial charge in [-0.2, -0.15) is 0 Å². The summed E-state index contributed by atoms with van der Waals surface area (Å²) in [6, 6.07) is 5.28. The molecule has 2 rings (SSSR count). The third-order valence-corrected chi connectivity index (χ3v) is 2.74. The Bertz CT molecular complexity index is 547. The minimum atomic E-state index is -0.666. The van der Waals surface area contributed by atoms with Gasteiger partial charge in [0.15, 0.2) is 0 Å². The molecule has 108 valence electrons. The summed E-state index contributed by atoms with van der Waals surface area (Å²) in [6.45, 7) is 4.88. The van der Waals surface area contributed by atoms with Gasteiger partial charge in [0, 0.05) is 36.3 Å². The maximum absolute atomic E-state index is 13.0. The van der Waals surface area contributed by atoms with E-state index < -0.39 is 11.6 Å². The van der Waals surface area contributed by atoms with Crippen molar-refractivity contribution >= 4 is 0 Å². The molecule has 2 aromatic rings. The van der Waals surface area contributed by atoms with Crippen LogP contribution in [0.15, 0.2) is 34.9 Å². The van der Waals surface area contributed by atoms with Gasteiger partial charge in [-0.05, 0) is 6.07 Å². The smallest absolute Gasteiger partial charge is 0.146 e. The van der Waals surface area contributed by atoms with Gasteiger partial charge in [-0.1, -0.05) is 13.8 Å². The van der Waals surface area contributed by atoms with Gasteiger partial charge in [0.2, 0.25) is 0 Å². The van der Waals surface area contributed by atoms with Gasteiger partial charge in [-0.25, -0.2) is 8.78 Å². The lowest BCUT2D eigenvalue weighted by atomic mass is 10.2. The van der Waals surface area contributed by atoms with Crippen molar-refractivity contribution in [2.24, 2.45) is 0 Å². The summed E-state index contributed by atoms with van der Waals surface area (Å²) >= 11 is 0. The molecule has 1 aromatic carbocycles. The Labute approximate surface area is 116 Å². The zero-order chi connectivity index (χ0) is 14.5. The lowest BCUT2D eigenvalue weighted by Gasteiger charge is -2.09. The molecule has 0 spiro atoms. The zero-order valence-electron chi connectivity index (χ0n) is 11.5. The molecule has 0 aliphatic carbocycles. The molecule has 0 aliphatic rings. The van der Waals surface area contributed by atoms with Crippen LogP contribution < -0.4 is 10.1 Å². The second kappa shape index (κ2) is 6.52. The molecule has 0 fully saturated rings.